The minimum atomic E-state index is 0.746. The molecule has 5 nitrogen and oxygen atoms in total. The molecular formula is C38H23N5. The molecule has 0 saturated heterocycles. The maximum absolute atomic E-state index is 5.25. The first-order valence-corrected chi connectivity index (χ1v) is 14.3. The van der Waals surface area contributed by atoms with Gasteiger partial charge in [-0.15, -0.1) is 0 Å². The van der Waals surface area contributed by atoms with Gasteiger partial charge in [-0.05, 0) is 29.3 Å². The summed E-state index contributed by atoms with van der Waals surface area (Å²) < 4.78 is 2.20. The fraction of sp³-hybridized carbons (Fsp3) is 0. The predicted octanol–water partition coefficient (Wildman–Crippen LogP) is 9.16. The Labute approximate surface area is 246 Å². The largest absolute Gasteiger partial charge is 0.292 e. The third kappa shape index (κ3) is 3.65. The Morgan fingerprint density at radius 2 is 0.930 bits per heavy atom. The average molecular weight is 550 g/mol. The van der Waals surface area contributed by atoms with Crippen LogP contribution in [0.4, 0.5) is 0 Å². The Morgan fingerprint density at radius 1 is 0.395 bits per heavy atom. The summed E-state index contributed by atoms with van der Waals surface area (Å²) in [6.45, 7) is 0. The van der Waals surface area contributed by atoms with Crippen LogP contribution in [0.2, 0.25) is 0 Å². The van der Waals surface area contributed by atoms with Crippen molar-refractivity contribution in [1.29, 1.82) is 0 Å². The van der Waals surface area contributed by atoms with Crippen LogP contribution < -0.4 is 0 Å². The molecule has 0 unspecified atom stereocenters. The molecule has 0 bridgehead atoms. The zero-order chi connectivity index (χ0) is 28.3. The van der Waals surface area contributed by atoms with Gasteiger partial charge >= 0.3 is 0 Å². The molecule has 0 radical (unpaired) electrons. The number of hydrogen-bond acceptors (Lipinski definition) is 4. The van der Waals surface area contributed by atoms with Crippen LogP contribution >= 0.6 is 0 Å². The van der Waals surface area contributed by atoms with E-state index >= 15 is 0 Å². The van der Waals surface area contributed by atoms with Gasteiger partial charge in [-0.25, -0.2) is 19.9 Å². The molecule has 0 aliphatic rings. The summed E-state index contributed by atoms with van der Waals surface area (Å²) in [5, 5.41) is 4.40. The van der Waals surface area contributed by atoms with Crippen molar-refractivity contribution in [3.05, 3.63) is 140 Å². The van der Waals surface area contributed by atoms with Crippen molar-refractivity contribution in [3.8, 4) is 28.2 Å². The Kier molecular flexibility index (Phi) is 5.13. The lowest BCUT2D eigenvalue weighted by atomic mass is 10.0. The lowest BCUT2D eigenvalue weighted by Gasteiger charge is -2.12. The number of nitrogens with zero attached hydrogens (tertiary/aromatic N) is 5. The Hall–Kier alpha value is -5.94. The molecule has 0 N–H and O–H groups in total. The summed E-state index contributed by atoms with van der Waals surface area (Å²) in [5.41, 5.74) is 9.50. The monoisotopic (exact) mass is 549 g/mol. The van der Waals surface area contributed by atoms with E-state index in [1.54, 1.807) is 0 Å². The molecular weight excluding hydrogens is 526 g/mol. The molecule has 6 aromatic carbocycles. The van der Waals surface area contributed by atoms with Gasteiger partial charge in [0.2, 0.25) is 0 Å². The van der Waals surface area contributed by atoms with Crippen molar-refractivity contribution in [2.45, 2.75) is 0 Å². The summed E-state index contributed by atoms with van der Waals surface area (Å²) >= 11 is 0. The van der Waals surface area contributed by atoms with E-state index in [0.29, 0.717) is 0 Å². The predicted molar refractivity (Wildman–Crippen MR) is 175 cm³/mol. The maximum atomic E-state index is 5.25. The zero-order valence-electron chi connectivity index (χ0n) is 23.0. The van der Waals surface area contributed by atoms with E-state index < -0.39 is 0 Å². The van der Waals surface area contributed by atoms with Gasteiger partial charge in [0.1, 0.15) is 16.6 Å². The number of hydrogen-bond donors (Lipinski definition) is 0. The Morgan fingerprint density at radius 3 is 1.63 bits per heavy atom. The average Bonchev–Trinajstić information content (AvgIpc) is 3.43. The number of benzene rings is 6. The first-order chi connectivity index (χ1) is 21.3. The molecule has 9 rings (SSSR count). The summed E-state index contributed by atoms with van der Waals surface area (Å²) in [6, 6.07) is 44.0. The van der Waals surface area contributed by atoms with E-state index in [0.717, 1.165) is 66.5 Å². The van der Waals surface area contributed by atoms with Gasteiger partial charge in [0, 0.05) is 27.1 Å². The van der Waals surface area contributed by atoms with Crippen LogP contribution in [0.15, 0.2) is 140 Å². The molecule has 0 aliphatic heterocycles. The second-order valence-electron chi connectivity index (χ2n) is 10.7. The lowest BCUT2D eigenvalue weighted by Crippen LogP contribution is -2.01. The number of aromatic nitrogens is 5. The summed E-state index contributed by atoms with van der Waals surface area (Å²) in [7, 11) is 0. The molecule has 5 heteroatoms. The molecule has 0 amide bonds. The molecule has 43 heavy (non-hydrogen) atoms. The molecule has 0 aliphatic carbocycles. The smallest absolute Gasteiger partial charge is 0.156 e. The molecule has 9 aromatic rings. The van der Waals surface area contributed by atoms with Crippen molar-refractivity contribution < 1.29 is 0 Å². The topological polar surface area (TPSA) is 56.5 Å². The van der Waals surface area contributed by atoms with E-state index in [9.17, 15) is 0 Å². The van der Waals surface area contributed by atoms with Crippen molar-refractivity contribution >= 4 is 54.6 Å². The third-order valence-electron chi connectivity index (χ3n) is 8.27. The summed E-state index contributed by atoms with van der Waals surface area (Å²) in [5.74, 6) is 0.775. The standard InChI is InChI=1S/C38H23N5/c1-2-11-24(12-3-1)25-13-10-14-26(21-25)31-22-39-37-35(41-31)29-17-4-5-18-30(29)36-38(37)40-23-34(42-36)43-32-19-8-6-15-27(32)28-16-7-9-20-33(28)43/h1-23H. The fourth-order valence-corrected chi connectivity index (χ4v) is 6.29. The van der Waals surface area contributed by atoms with Crippen molar-refractivity contribution in [2.75, 3.05) is 0 Å². The number of rotatable bonds is 3. The van der Waals surface area contributed by atoms with Crippen LogP contribution in [0.1, 0.15) is 0 Å². The summed E-state index contributed by atoms with van der Waals surface area (Å²) in [4.78, 5) is 20.4. The van der Waals surface area contributed by atoms with E-state index in [1.165, 1.54) is 16.3 Å². The fourth-order valence-electron chi connectivity index (χ4n) is 6.29. The van der Waals surface area contributed by atoms with Gasteiger partial charge in [0.25, 0.3) is 0 Å². The minimum absolute atomic E-state index is 0.746. The van der Waals surface area contributed by atoms with Crippen LogP contribution in [0.25, 0.3) is 82.8 Å². The highest BCUT2D eigenvalue weighted by Crippen LogP contribution is 2.35. The highest BCUT2D eigenvalue weighted by Gasteiger charge is 2.18. The Balaban J connectivity index is 1.27. The quantitative estimate of drug-likeness (QED) is 0.206. The van der Waals surface area contributed by atoms with Crippen molar-refractivity contribution in [1.82, 2.24) is 24.5 Å². The molecule has 0 fully saturated rings. The van der Waals surface area contributed by atoms with E-state index in [2.05, 4.69) is 114 Å². The molecule has 0 spiro atoms. The first-order valence-electron chi connectivity index (χ1n) is 14.3. The van der Waals surface area contributed by atoms with Gasteiger partial charge in [0.15, 0.2) is 5.82 Å². The number of para-hydroxylation sites is 2. The lowest BCUT2D eigenvalue weighted by molar-refractivity contribution is 1.08. The van der Waals surface area contributed by atoms with E-state index in [1.807, 2.05) is 30.6 Å². The molecule has 0 atom stereocenters. The second-order valence-corrected chi connectivity index (χ2v) is 10.7. The minimum Gasteiger partial charge on any atom is -0.292 e. The van der Waals surface area contributed by atoms with Crippen LogP contribution in [-0.4, -0.2) is 24.5 Å². The van der Waals surface area contributed by atoms with Crippen molar-refractivity contribution in [2.24, 2.45) is 0 Å². The highest BCUT2D eigenvalue weighted by atomic mass is 15.1. The molecule has 3 aromatic heterocycles. The summed E-state index contributed by atoms with van der Waals surface area (Å²) in [6.07, 6.45) is 3.71. The highest BCUT2D eigenvalue weighted by molar-refractivity contribution is 6.21. The maximum Gasteiger partial charge on any atom is 0.156 e. The van der Waals surface area contributed by atoms with Crippen LogP contribution in [0.3, 0.4) is 0 Å². The molecule has 0 saturated carbocycles. The van der Waals surface area contributed by atoms with Gasteiger partial charge in [-0.1, -0.05) is 109 Å². The van der Waals surface area contributed by atoms with Gasteiger partial charge in [-0.3, -0.25) is 4.57 Å². The van der Waals surface area contributed by atoms with Crippen LogP contribution in [0.5, 0.6) is 0 Å². The zero-order valence-corrected chi connectivity index (χ0v) is 23.0. The normalized spacial score (nSPS) is 11.7. The first kappa shape index (κ1) is 23.7. The van der Waals surface area contributed by atoms with Crippen LogP contribution in [-0.2, 0) is 0 Å². The van der Waals surface area contributed by atoms with Gasteiger partial charge < -0.3 is 0 Å². The second kappa shape index (κ2) is 9.29. The van der Waals surface area contributed by atoms with Gasteiger partial charge in [-0.2, -0.15) is 0 Å². The number of fused-ring (bicyclic) bond motifs is 9. The van der Waals surface area contributed by atoms with Crippen LogP contribution in [0, 0.1) is 0 Å². The molecule has 3 heterocycles. The van der Waals surface area contributed by atoms with E-state index in [-0.39, 0.29) is 0 Å². The molecule has 200 valence electrons. The SMILES string of the molecule is c1ccc(-c2cccc(-c3cnc4c(n3)c3ccccc3c3nc(-n5c6ccccc6c6ccccc65)cnc34)c2)cc1. The Bertz CT molecular complexity index is 2440. The van der Waals surface area contributed by atoms with Crippen molar-refractivity contribution in [3.63, 3.8) is 0 Å². The third-order valence-corrected chi connectivity index (χ3v) is 8.27. The van der Waals surface area contributed by atoms with E-state index in [4.69, 9.17) is 19.9 Å². The van der Waals surface area contributed by atoms with Gasteiger partial charge in [0.05, 0.1) is 34.6 Å².